The van der Waals surface area contributed by atoms with Crippen LogP contribution in [0.15, 0.2) is 52.7 Å². The second-order valence-corrected chi connectivity index (χ2v) is 6.26. The van der Waals surface area contributed by atoms with Gasteiger partial charge in [-0.05, 0) is 29.8 Å². The highest BCUT2D eigenvalue weighted by Crippen LogP contribution is 2.25. The Labute approximate surface area is 135 Å². The van der Waals surface area contributed by atoms with Gasteiger partial charge in [-0.3, -0.25) is 9.78 Å². The van der Waals surface area contributed by atoms with Gasteiger partial charge in [-0.2, -0.15) is 0 Å². The summed E-state index contributed by atoms with van der Waals surface area (Å²) in [6.07, 6.45) is 5.10. The molecular weight excluding hydrogens is 318 g/mol. The van der Waals surface area contributed by atoms with E-state index in [1.165, 1.54) is 11.3 Å². The second kappa shape index (κ2) is 7.24. The predicted molar refractivity (Wildman–Crippen MR) is 88.8 cm³/mol. The quantitative estimate of drug-likeness (QED) is 0.746. The van der Waals surface area contributed by atoms with Gasteiger partial charge in [0.25, 0.3) is 0 Å². The lowest BCUT2D eigenvalue weighted by Gasteiger charge is -2.02. The minimum absolute atomic E-state index is 0.0561. The zero-order valence-corrected chi connectivity index (χ0v) is 13.2. The van der Waals surface area contributed by atoms with Crippen molar-refractivity contribution in [1.29, 1.82) is 0 Å². The first-order valence-electron chi connectivity index (χ1n) is 6.57. The number of thiazole rings is 1. The molecule has 0 aliphatic heterocycles. The summed E-state index contributed by atoms with van der Waals surface area (Å²) in [4.78, 5) is 20.2. The smallest absolute Gasteiger partial charge is 0.236 e. The average Bonchev–Trinajstić information content (AvgIpc) is 3.19. The van der Waals surface area contributed by atoms with Crippen LogP contribution in [0, 0.1) is 0 Å². The third-order valence-electron chi connectivity index (χ3n) is 2.78. The number of nitrogens with zero attached hydrogens (tertiary/aromatic N) is 2. The molecule has 3 heterocycles. The molecule has 3 aromatic heterocycles. The van der Waals surface area contributed by atoms with Crippen molar-refractivity contribution >= 4 is 34.1 Å². The zero-order valence-electron chi connectivity index (χ0n) is 11.6. The summed E-state index contributed by atoms with van der Waals surface area (Å²) in [5, 5.41) is 5.25. The van der Waals surface area contributed by atoms with Gasteiger partial charge in [-0.15, -0.1) is 23.1 Å². The van der Waals surface area contributed by atoms with Crippen LogP contribution in [0.3, 0.4) is 0 Å². The van der Waals surface area contributed by atoms with E-state index in [0.717, 1.165) is 17.0 Å². The van der Waals surface area contributed by atoms with E-state index in [1.54, 1.807) is 30.4 Å². The van der Waals surface area contributed by atoms with Crippen LogP contribution >= 0.6 is 23.1 Å². The molecule has 0 radical (unpaired) electrons. The lowest BCUT2D eigenvalue weighted by atomic mass is 10.3. The van der Waals surface area contributed by atoms with Crippen LogP contribution in [0.5, 0.6) is 0 Å². The van der Waals surface area contributed by atoms with E-state index >= 15 is 0 Å². The molecule has 0 spiro atoms. The standard InChI is InChI=1S/C15H13N3O2S2/c19-14(10-21-8-11-3-5-16-6-4-11)18-15-17-12(9-22-15)13-2-1-7-20-13/h1-7,9H,8,10H2,(H,17,18,19). The fraction of sp³-hybridized carbons (Fsp3) is 0.133. The third kappa shape index (κ3) is 3.96. The highest BCUT2D eigenvalue weighted by molar-refractivity contribution is 7.99. The molecule has 0 fully saturated rings. The molecule has 0 bridgehead atoms. The normalized spacial score (nSPS) is 10.5. The molecule has 0 atom stereocenters. The molecular formula is C15H13N3O2S2. The first kappa shape index (κ1) is 14.8. The van der Waals surface area contributed by atoms with Crippen LogP contribution in [-0.2, 0) is 10.5 Å². The Morgan fingerprint density at radius 2 is 2.18 bits per heavy atom. The number of carbonyl (C=O) groups excluding carboxylic acids is 1. The topological polar surface area (TPSA) is 68.0 Å². The molecule has 5 nitrogen and oxygen atoms in total. The van der Waals surface area contributed by atoms with Crippen molar-refractivity contribution in [2.24, 2.45) is 0 Å². The van der Waals surface area contributed by atoms with Crippen LogP contribution in [0.4, 0.5) is 5.13 Å². The molecule has 3 aromatic rings. The van der Waals surface area contributed by atoms with Crippen molar-refractivity contribution in [2.75, 3.05) is 11.1 Å². The molecule has 0 saturated heterocycles. The molecule has 7 heteroatoms. The summed E-state index contributed by atoms with van der Waals surface area (Å²) in [6.45, 7) is 0. The Bertz CT molecular complexity index is 726. The van der Waals surface area contributed by atoms with Gasteiger partial charge in [0.15, 0.2) is 10.9 Å². The molecule has 0 aromatic carbocycles. The van der Waals surface area contributed by atoms with E-state index in [9.17, 15) is 4.79 Å². The largest absolute Gasteiger partial charge is 0.463 e. The first-order valence-corrected chi connectivity index (χ1v) is 8.60. The van der Waals surface area contributed by atoms with Gasteiger partial charge in [0.05, 0.1) is 12.0 Å². The number of carbonyl (C=O) groups is 1. The fourth-order valence-corrected chi connectivity index (χ4v) is 3.27. The summed E-state index contributed by atoms with van der Waals surface area (Å²) in [5.74, 6) is 1.81. The Balaban J connectivity index is 1.48. The number of rotatable bonds is 6. The molecule has 0 unspecified atom stereocenters. The number of amides is 1. The van der Waals surface area contributed by atoms with Crippen LogP contribution in [0.2, 0.25) is 0 Å². The minimum atomic E-state index is -0.0561. The monoisotopic (exact) mass is 331 g/mol. The minimum Gasteiger partial charge on any atom is -0.463 e. The van der Waals surface area contributed by atoms with Crippen LogP contribution in [0.25, 0.3) is 11.5 Å². The predicted octanol–water partition coefficient (Wildman–Crippen LogP) is 3.67. The van der Waals surface area contributed by atoms with Crippen molar-refractivity contribution in [3.63, 3.8) is 0 Å². The molecule has 1 amide bonds. The lowest BCUT2D eigenvalue weighted by molar-refractivity contribution is -0.113. The van der Waals surface area contributed by atoms with Gasteiger partial charge in [-0.25, -0.2) is 4.98 Å². The number of aromatic nitrogens is 2. The molecule has 0 saturated carbocycles. The van der Waals surface area contributed by atoms with Gasteiger partial charge in [-0.1, -0.05) is 0 Å². The van der Waals surface area contributed by atoms with Gasteiger partial charge >= 0.3 is 0 Å². The molecule has 3 rings (SSSR count). The molecule has 112 valence electrons. The highest BCUT2D eigenvalue weighted by atomic mass is 32.2. The maximum absolute atomic E-state index is 11.9. The van der Waals surface area contributed by atoms with E-state index in [-0.39, 0.29) is 5.91 Å². The van der Waals surface area contributed by atoms with E-state index in [1.807, 2.05) is 29.6 Å². The molecule has 0 aliphatic carbocycles. The third-order valence-corrected chi connectivity index (χ3v) is 4.54. The van der Waals surface area contributed by atoms with Crippen molar-refractivity contribution in [3.8, 4) is 11.5 Å². The number of anilines is 1. The Morgan fingerprint density at radius 3 is 2.95 bits per heavy atom. The van der Waals surface area contributed by atoms with E-state index in [4.69, 9.17) is 4.42 Å². The number of furan rings is 1. The van der Waals surface area contributed by atoms with Crippen molar-refractivity contribution in [2.45, 2.75) is 5.75 Å². The van der Waals surface area contributed by atoms with E-state index < -0.39 is 0 Å². The summed E-state index contributed by atoms with van der Waals surface area (Å²) < 4.78 is 5.27. The summed E-state index contributed by atoms with van der Waals surface area (Å²) in [5.41, 5.74) is 1.89. The Hall–Kier alpha value is -2.12. The van der Waals surface area contributed by atoms with Gasteiger partial charge < -0.3 is 9.73 Å². The average molecular weight is 331 g/mol. The van der Waals surface area contributed by atoms with Gasteiger partial charge in [0.2, 0.25) is 5.91 Å². The summed E-state index contributed by atoms with van der Waals surface area (Å²) >= 11 is 2.94. The molecule has 1 N–H and O–H groups in total. The highest BCUT2D eigenvalue weighted by Gasteiger charge is 2.09. The number of pyridine rings is 1. The van der Waals surface area contributed by atoms with Crippen LogP contribution in [0.1, 0.15) is 5.56 Å². The van der Waals surface area contributed by atoms with Gasteiger partial charge in [0, 0.05) is 23.5 Å². The number of hydrogen-bond donors (Lipinski definition) is 1. The summed E-state index contributed by atoms with van der Waals surface area (Å²) in [6, 6.07) is 7.54. The zero-order chi connectivity index (χ0) is 15.2. The SMILES string of the molecule is O=C(CSCc1ccncc1)Nc1nc(-c2ccco2)cs1. The van der Waals surface area contributed by atoms with E-state index in [2.05, 4.69) is 15.3 Å². The second-order valence-electron chi connectivity index (χ2n) is 4.41. The molecule has 0 aliphatic rings. The number of nitrogens with one attached hydrogen (secondary N) is 1. The number of thioether (sulfide) groups is 1. The Morgan fingerprint density at radius 1 is 1.32 bits per heavy atom. The van der Waals surface area contributed by atoms with Crippen LogP contribution in [-0.4, -0.2) is 21.6 Å². The molecule has 22 heavy (non-hydrogen) atoms. The maximum atomic E-state index is 11.9. The van der Waals surface area contributed by atoms with E-state index in [0.29, 0.717) is 16.6 Å². The van der Waals surface area contributed by atoms with Crippen molar-refractivity contribution in [1.82, 2.24) is 9.97 Å². The maximum Gasteiger partial charge on any atom is 0.236 e. The van der Waals surface area contributed by atoms with Crippen molar-refractivity contribution < 1.29 is 9.21 Å². The van der Waals surface area contributed by atoms with Crippen molar-refractivity contribution in [3.05, 3.63) is 53.9 Å². The Kier molecular flexibility index (Phi) is 4.87. The number of hydrogen-bond acceptors (Lipinski definition) is 6. The first-order chi connectivity index (χ1) is 10.8. The lowest BCUT2D eigenvalue weighted by Crippen LogP contribution is -2.13. The fourth-order valence-electron chi connectivity index (χ4n) is 1.76. The summed E-state index contributed by atoms with van der Waals surface area (Å²) in [7, 11) is 0. The van der Waals surface area contributed by atoms with Gasteiger partial charge in [0.1, 0.15) is 5.69 Å². The van der Waals surface area contributed by atoms with Crippen LogP contribution < -0.4 is 5.32 Å².